The molecule has 2 N–H and O–H groups in total. The third-order valence-corrected chi connectivity index (χ3v) is 7.77. The summed E-state index contributed by atoms with van der Waals surface area (Å²) >= 11 is 5.94. The van der Waals surface area contributed by atoms with Gasteiger partial charge in [-0.3, -0.25) is 9.59 Å². The largest absolute Gasteiger partial charge is 0.355 e. The highest BCUT2D eigenvalue weighted by Crippen LogP contribution is 2.26. The lowest BCUT2D eigenvalue weighted by atomic mass is 10.1. The minimum Gasteiger partial charge on any atom is -0.355 e. The van der Waals surface area contributed by atoms with Crippen molar-refractivity contribution in [1.82, 2.24) is 14.9 Å². The molecule has 1 aliphatic heterocycles. The number of nitrogens with one attached hydrogen (secondary N) is 2. The van der Waals surface area contributed by atoms with E-state index in [-0.39, 0.29) is 23.3 Å². The lowest BCUT2D eigenvalue weighted by Crippen LogP contribution is -2.48. The van der Waals surface area contributed by atoms with Crippen molar-refractivity contribution in [2.45, 2.75) is 56.5 Å². The predicted molar refractivity (Wildman–Crippen MR) is 129 cm³/mol. The summed E-state index contributed by atoms with van der Waals surface area (Å²) in [7, 11) is -3.97. The number of carbonyl (C=O) groups is 2. The van der Waals surface area contributed by atoms with Gasteiger partial charge in [-0.05, 0) is 67.6 Å². The van der Waals surface area contributed by atoms with Crippen LogP contribution < -0.4 is 10.6 Å². The number of rotatable bonds is 9. The molecular formula is C24H30ClN3O4S. The summed E-state index contributed by atoms with van der Waals surface area (Å²) in [5, 5.41) is 6.12. The smallest absolute Gasteiger partial charge is 0.251 e. The maximum absolute atomic E-state index is 13.6. The zero-order valence-electron chi connectivity index (χ0n) is 18.7. The summed E-state index contributed by atoms with van der Waals surface area (Å²) in [5.74, 6) is -0.458. The minimum atomic E-state index is -3.97. The lowest BCUT2D eigenvalue weighted by Gasteiger charge is -2.29. The highest BCUT2D eigenvalue weighted by Gasteiger charge is 2.36. The van der Waals surface area contributed by atoms with Crippen LogP contribution in [-0.2, 0) is 21.4 Å². The monoisotopic (exact) mass is 491 g/mol. The molecular weight excluding hydrogens is 462 g/mol. The Morgan fingerprint density at radius 3 is 2.48 bits per heavy atom. The van der Waals surface area contributed by atoms with Gasteiger partial charge >= 0.3 is 0 Å². The molecule has 1 heterocycles. The maximum atomic E-state index is 13.6. The molecule has 9 heteroatoms. The van der Waals surface area contributed by atoms with E-state index in [1.54, 1.807) is 24.3 Å². The lowest BCUT2D eigenvalue weighted by molar-refractivity contribution is -0.124. The van der Waals surface area contributed by atoms with Crippen LogP contribution in [0.1, 0.15) is 54.9 Å². The van der Waals surface area contributed by atoms with Crippen molar-refractivity contribution in [3.8, 4) is 0 Å². The molecule has 178 valence electrons. The fourth-order valence-corrected chi connectivity index (χ4v) is 5.46. The van der Waals surface area contributed by atoms with Gasteiger partial charge in [0, 0.05) is 30.2 Å². The molecule has 0 unspecified atom stereocenters. The molecule has 7 nitrogen and oxygen atoms in total. The van der Waals surface area contributed by atoms with Crippen molar-refractivity contribution in [2.75, 3.05) is 13.1 Å². The van der Waals surface area contributed by atoms with Crippen LogP contribution in [0.2, 0.25) is 5.02 Å². The van der Waals surface area contributed by atoms with Gasteiger partial charge in [-0.15, -0.1) is 0 Å². The summed E-state index contributed by atoms with van der Waals surface area (Å²) in [5.41, 5.74) is 1.20. The van der Waals surface area contributed by atoms with Crippen molar-refractivity contribution in [3.63, 3.8) is 0 Å². The zero-order chi connectivity index (χ0) is 23.8. The van der Waals surface area contributed by atoms with Crippen LogP contribution in [0, 0.1) is 0 Å². The fraction of sp³-hybridized carbons (Fsp3) is 0.417. The number of hydrogen-bond donors (Lipinski definition) is 2. The van der Waals surface area contributed by atoms with Gasteiger partial charge in [0.15, 0.2) is 0 Å². The Morgan fingerprint density at radius 2 is 1.82 bits per heavy atom. The van der Waals surface area contributed by atoms with Gasteiger partial charge in [0.25, 0.3) is 5.91 Å². The summed E-state index contributed by atoms with van der Waals surface area (Å²) in [6, 6.07) is 11.9. The first-order chi connectivity index (χ1) is 15.8. The van der Waals surface area contributed by atoms with Crippen molar-refractivity contribution >= 4 is 33.4 Å². The number of benzene rings is 2. The quantitative estimate of drug-likeness (QED) is 0.522. The van der Waals surface area contributed by atoms with E-state index in [4.69, 9.17) is 11.6 Å². The third kappa shape index (κ3) is 6.56. The number of halogens is 1. The summed E-state index contributed by atoms with van der Waals surface area (Å²) in [4.78, 5) is 25.1. The molecule has 1 saturated heterocycles. The number of hydrogen-bond acceptors (Lipinski definition) is 4. The van der Waals surface area contributed by atoms with Crippen molar-refractivity contribution in [1.29, 1.82) is 0 Å². The summed E-state index contributed by atoms with van der Waals surface area (Å²) in [6.07, 6.45) is 3.89. The minimum absolute atomic E-state index is 0.0147. The van der Waals surface area contributed by atoms with E-state index in [0.717, 1.165) is 25.7 Å². The molecule has 2 amide bonds. The van der Waals surface area contributed by atoms with Gasteiger partial charge in [-0.1, -0.05) is 37.1 Å². The fourth-order valence-electron chi connectivity index (χ4n) is 3.72. The number of sulfonamides is 1. The molecule has 0 aromatic heterocycles. The second-order valence-electron chi connectivity index (χ2n) is 8.11. The zero-order valence-corrected chi connectivity index (χ0v) is 20.3. The van der Waals surface area contributed by atoms with E-state index in [1.165, 1.54) is 28.6 Å². The summed E-state index contributed by atoms with van der Waals surface area (Å²) < 4.78 is 28.4. The average molecular weight is 492 g/mol. The first kappa shape index (κ1) is 25.2. The molecule has 2 aromatic rings. The first-order valence-electron chi connectivity index (χ1n) is 11.2. The number of unbranched alkanes of at least 4 members (excludes halogenated alkanes) is 1. The number of carbonyl (C=O) groups excluding carboxylic acids is 2. The Morgan fingerprint density at radius 1 is 1.12 bits per heavy atom. The normalized spacial score (nSPS) is 16.8. The van der Waals surface area contributed by atoms with E-state index in [9.17, 15) is 18.0 Å². The van der Waals surface area contributed by atoms with E-state index >= 15 is 0 Å². The molecule has 0 radical (unpaired) electrons. The van der Waals surface area contributed by atoms with Gasteiger partial charge in [0.05, 0.1) is 4.90 Å². The second-order valence-corrected chi connectivity index (χ2v) is 10.4. The Labute approximate surface area is 200 Å². The van der Waals surface area contributed by atoms with E-state index in [0.29, 0.717) is 35.7 Å². The Kier molecular flexibility index (Phi) is 8.88. The Balaban J connectivity index is 1.87. The number of amides is 2. The van der Waals surface area contributed by atoms with Crippen LogP contribution in [0.5, 0.6) is 0 Å². The summed E-state index contributed by atoms with van der Waals surface area (Å²) in [6.45, 7) is 3.22. The highest BCUT2D eigenvalue weighted by atomic mass is 35.5. The van der Waals surface area contributed by atoms with Crippen molar-refractivity contribution < 1.29 is 18.0 Å². The second kappa shape index (κ2) is 11.6. The molecule has 3 rings (SSSR count). The molecule has 0 saturated carbocycles. The molecule has 1 atom stereocenters. The number of nitrogens with zero attached hydrogens (tertiary/aromatic N) is 1. The van der Waals surface area contributed by atoms with Gasteiger partial charge in [-0.25, -0.2) is 8.42 Å². The topological polar surface area (TPSA) is 95.6 Å². The standard InChI is InChI=1S/C24H30ClN3O4S/c1-2-3-15-26-23(29)19-9-7-18(8-10-19)17-28(22-6-4-5-16-27-24(22)30)33(31,32)21-13-11-20(25)12-14-21/h7-14,22H,2-6,15-17H2,1H3,(H,26,29)(H,27,30)/t22-/m1/s1. The van der Waals surface area contributed by atoms with Crippen LogP contribution in [-0.4, -0.2) is 43.7 Å². The van der Waals surface area contributed by atoms with Gasteiger partial charge in [0.1, 0.15) is 6.04 Å². The van der Waals surface area contributed by atoms with E-state index < -0.39 is 16.1 Å². The molecule has 1 aliphatic rings. The predicted octanol–water partition coefficient (Wildman–Crippen LogP) is 3.73. The average Bonchev–Trinajstić information content (AvgIpc) is 3.02. The van der Waals surface area contributed by atoms with Gasteiger partial charge < -0.3 is 10.6 Å². The van der Waals surface area contributed by atoms with Crippen LogP contribution in [0.25, 0.3) is 0 Å². The van der Waals surface area contributed by atoms with Crippen LogP contribution in [0.3, 0.4) is 0 Å². The molecule has 0 spiro atoms. The van der Waals surface area contributed by atoms with Crippen LogP contribution in [0.4, 0.5) is 0 Å². The first-order valence-corrected chi connectivity index (χ1v) is 13.1. The van der Waals surface area contributed by atoms with Crippen LogP contribution >= 0.6 is 11.6 Å². The third-order valence-electron chi connectivity index (χ3n) is 5.64. The molecule has 0 bridgehead atoms. The van der Waals surface area contributed by atoms with Crippen LogP contribution in [0.15, 0.2) is 53.4 Å². The highest BCUT2D eigenvalue weighted by molar-refractivity contribution is 7.89. The maximum Gasteiger partial charge on any atom is 0.251 e. The Hall–Kier alpha value is -2.42. The molecule has 33 heavy (non-hydrogen) atoms. The SMILES string of the molecule is CCCCNC(=O)c1ccc(CN([C@@H]2CCCCNC2=O)S(=O)(=O)c2ccc(Cl)cc2)cc1. The Bertz CT molecular complexity index is 1060. The van der Waals surface area contributed by atoms with E-state index in [1.807, 2.05) is 0 Å². The van der Waals surface area contributed by atoms with Gasteiger partial charge in [0.2, 0.25) is 15.9 Å². The van der Waals surface area contributed by atoms with Crippen molar-refractivity contribution in [3.05, 3.63) is 64.7 Å². The molecule has 1 fully saturated rings. The molecule has 2 aromatic carbocycles. The van der Waals surface area contributed by atoms with Crippen molar-refractivity contribution in [2.24, 2.45) is 0 Å². The van der Waals surface area contributed by atoms with Gasteiger partial charge in [-0.2, -0.15) is 4.31 Å². The molecule has 0 aliphatic carbocycles. The van der Waals surface area contributed by atoms with E-state index in [2.05, 4.69) is 17.6 Å².